The minimum absolute atomic E-state index is 0.0420. The number of hydrogen-bond donors (Lipinski definition) is 1. The Morgan fingerprint density at radius 2 is 1.81 bits per heavy atom. The summed E-state index contributed by atoms with van der Waals surface area (Å²) < 4.78 is 48.1. The lowest BCUT2D eigenvalue weighted by Gasteiger charge is -2.24. The lowest BCUT2D eigenvalue weighted by Crippen LogP contribution is -2.34. The SMILES string of the molecule is COc1cc(Cl)c(-c2cccc([N+](C)(C)C)c2)cc1CC(=O)c1c[nH]c2ccc(OC(F)(F)F)cc12. The Hall–Kier alpha value is -3.49. The fourth-order valence-electron chi connectivity index (χ4n) is 4.04. The van der Waals surface area contributed by atoms with Crippen molar-refractivity contribution in [1.29, 1.82) is 0 Å². The number of carbonyl (C=O) groups excluding carboxylic acids is 1. The minimum atomic E-state index is -4.83. The zero-order valence-electron chi connectivity index (χ0n) is 20.2. The number of rotatable bonds is 7. The molecule has 36 heavy (non-hydrogen) atoms. The highest BCUT2D eigenvalue weighted by molar-refractivity contribution is 6.33. The molecule has 0 saturated carbocycles. The van der Waals surface area contributed by atoms with Crippen LogP contribution in [0.2, 0.25) is 5.02 Å². The monoisotopic (exact) mass is 517 g/mol. The van der Waals surface area contributed by atoms with Crippen LogP contribution in [-0.4, -0.2) is 45.4 Å². The predicted octanol–water partition coefficient (Wildman–Crippen LogP) is 7.02. The fourth-order valence-corrected chi connectivity index (χ4v) is 4.30. The van der Waals surface area contributed by atoms with E-state index in [1.165, 1.54) is 31.5 Å². The van der Waals surface area contributed by atoms with Gasteiger partial charge < -0.3 is 14.5 Å². The maximum atomic E-state index is 13.3. The van der Waals surface area contributed by atoms with E-state index >= 15 is 0 Å². The number of halogens is 4. The van der Waals surface area contributed by atoms with Gasteiger partial charge in [0.15, 0.2) is 5.78 Å². The number of carbonyl (C=O) groups is 1. The van der Waals surface area contributed by atoms with Crippen LogP contribution in [-0.2, 0) is 6.42 Å². The number of fused-ring (bicyclic) bond motifs is 1. The van der Waals surface area contributed by atoms with Gasteiger partial charge in [-0.2, -0.15) is 0 Å². The normalized spacial score (nSPS) is 12.1. The summed E-state index contributed by atoms with van der Waals surface area (Å²) in [5.74, 6) is -0.245. The molecule has 0 aliphatic rings. The number of nitrogens with one attached hydrogen (secondary N) is 1. The van der Waals surface area contributed by atoms with E-state index in [9.17, 15) is 18.0 Å². The van der Waals surface area contributed by atoms with Gasteiger partial charge >= 0.3 is 6.36 Å². The Morgan fingerprint density at radius 1 is 1.06 bits per heavy atom. The molecule has 0 bridgehead atoms. The summed E-state index contributed by atoms with van der Waals surface area (Å²) >= 11 is 6.58. The maximum absolute atomic E-state index is 13.3. The molecule has 0 fully saturated rings. The molecule has 3 aromatic carbocycles. The second-order valence-corrected chi connectivity index (χ2v) is 9.67. The van der Waals surface area contributed by atoms with Crippen LogP contribution < -0.4 is 14.0 Å². The topological polar surface area (TPSA) is 51.3 Å². The number of alkyl halides is 3. The molecule has 0 atom stereocenters. The summed E-state index contributed by atoms with van der Waals surface area (Å²) in [5, 5.41) is 0.813. The van der Waals surface area contributed by atoms with Crippen molar-refractivity contribution in [2.75, 3.05) is 28.3 Å². The van der Waals surface area contributed by atoms with Crippen LogP contribution in [0.5, 0.6) is 11.5 Å². The van der Waals surface area contributed by atoms with Crippen molar-refractivity contribution in [1.82, 2.24) is 9.47 Å². The third-order valence-corrected chi connectivity index (χ3v) is 6.15. The van der Waals surface area contributed by atoms with Crippen molar-refractivity contribution in [2.45, 2.75) is 12.8 Å². The van der Waals surface area contributed by atoms with Gasteiger partial charge in [0.2, 0.25) is 0 Å². The first-order valence-corrected chi connectivity index (χ1v) is 11.4. The fraction of sp³-hybridized carbons (Fsp3) is 0.222. The first kappa shape index (κ1) is 25.6. The van der Waals surface area contributed by atoms with Crippen molar-refractivity contribution in [3.8, 4) is 22.6 Å². The predicted molar refractivity (Wildman–Crippen MR) is 136 cm³/mol. The van der Waals surface area contributed by atoms with Gasteiger partial charge in [-0.25, -0.2) is 0 Å². The molecule has 0 spiro atoms. The van der Waals surface area contributed by atoms with E-state index in [4.69, 9.17) is 16.3 Å². The van der Waals surface area contributed by atoms with Crippen molar-refractivity contribution in [3.05, 3.63) is 76.9 Å². The molecule has 0 unspecified atom stereocenters. The highest BCUT2D eigenvalue weighted by atomic mass is 35.5. The van der Waals surface area contributed by atoms with Gasteiger partial charge in [0.05, 0.1) is 33.3 Å². The molecule has 1 N–H and O–H groups in total. The van der Waals surface area contributed by atoms with E-state index in [1.54, 1.807) is 6.07 Å². The number of nitrogens with zero attached hydrogens (tertiary/aromatic N) is 1. The summed E-state index contributed by atoms with van der Waals surface area (Å²) in [7, 11) is 7.67. The van der Waals surface area contributed by atoms with Gasteiger partial charge in [-0.1, -0.05) is 23.7 Å². The van der Waals surface area contributed by atoms with Gasteiger partial charge in [-0.05, 0) is 42.0 Å². The van der Waals surface area contributed by atoms with Crippen LogP contribution in [0.15, 0.2) is 60.8 Å². The second-order valence-electron chi connectivity index (χ2n) is 9.26. The quantitative estimate of drug-likeness (QED) is 0.212. The molecule has 188 valence electrons. The maximum Gasteiger partial charge on any atom is 0.573 e. The van der Waals surface area contributed by atoms with Gasteiger partial charge in [-0.3, -0.25) is 9.28 Å². The number of H-pyrrole nitrogens is 1. The zero-order valence-corrected chi connectivity index (χ0v) is 20.9. The van der Waals surface area contributed by atoms with Crippen LogP contribution >= 0.6 is 11.6 Å². The summed E-state index contributed by atoms with van der Waals surface area (Å²) in [4.78, 5) is 16.2. The molecule has 1 aromatic heterocycles. The molecule has 0 aliphatic heterocycles. The number of Topliss-reactive ketones (excluding diaryl/α,β-unsaturated/α-hetero) is 1. The molecule has 0 radical (unpaired) electrons. The number of quaternary nitrogens is 1. The van der Waals surface area contributed by atoms with Gasteiger partial charge in [-0.15, -0.1) is 13.2 Å². The van der Waals surface area contributed by atoms with Crippen LogP contribution in [0.1, 0.15) is 15.9 Å². The molecule has 0 amide bonds. The molecule has 9 heteroatoms. The summed E-state index contributed by atoms with van der Waals surface area (Å²) in [5.41, 5.74) is 4.09. The van der Waals surface area contributed by atoms with Crippen LogP contribution in [0, 0.1) is 0 Å². The second kappa shape index (κ2) is 9.52. The van der Waals surface area contributed by atoms with E-state index in [0.717, 1.165) is 16.8 Å². The van der Waals surface area contributed by atoms with E-state index in [0.29, 0.717) is 31.7 Å². The summed E-state index contributed by atoms with van der Waals surface area (Å²) in [6.45, 7) is 0. The van der Waals surface area contributed by atoms with E-state index in [-0.39, 0.29) is 17.8 Å². The average molecular weight is 518 g/mol. The van der Waals surface area contributed by atoms with Crippen LogP contribution in [0.3, 0.4) is 0 Å². The van der Waals surface area contributed by atoms with Gasteiger partial charge in [0.1, 0.15) is 17.2 Å². The lowest BCUT2D eigenvalue weighted by atomic mass is 9.97. The van der Waals surface area contributed by atoms with Crippen LogP contribution in [0.4, 0.5) is 18.9 Å². The highest BCUT2D eigenvalue weighted by Crippen LogP contribution is 2.37. The Bertz CT molecular complexity index is 1440. The van der Waals surface area contributed by atoms with Crippen molar-refractivity contribution >= 4 is 34.0 Å². The van der Waals surface area contributed by atoms with Gasteiger partial charge in [0, 0.05) is 46.3 Å². The third kappa shape index (κ3) is 5.50. The van der Waals surface area contributed by atoms with Gasteiger partial charge in [0.25, 0.3) is 0 Å². The molecule has 0 saturated heterocycles. The first-order valence-electron chi connectivity index (χ1n) is 11.0. The minimum Gasteiger partial charge on any atom is -0.496 e. The molecule has 4 aromatic rings. The Morgan fingerprint density at radius 3 is 2.47 bits per heavy atom. The lowest BCUT2D eigenvalue weighted by molar-refractivity contribution is -0.274. The standard InChI is InChI=1S/C27H24ClF3N2O3/c1-33(2,3)18-7-5-6-16(10-18)20-11-17(26(35-4)14-23(20)28)12-25(34)22-15-32-24-9-8-19(13-21(22)24)36-27(29,30)31/h5-11,13-15H,12H2,1-4H3/p+1. The van der Waals surface area contributed by atoms with E-state index in [1.807, 2.05) is 30.3 Å². The number of aromatic nitrogens is 1. The number of aromatic amines is 1. The number of ketones is 1. The van der Waals surface area contributed by atoms with Crippen LogP contribution in [0.25, 0.3) is 22.0 Å². The zero-order chi connectivity index (χ0) is 26.3. The number of benzene rings is 3. The number of ether oxygens (including phenoxy) is 2. The summed E-state index contributed by atoms with van der Waals surface area (Å²) in [6, 6.07) is 15.3. The van der Waals surface area contributed by atoms with Crippen molar-refractivity contribution in [3.63, 3.8) is 0 Å². The average Bonchev–Trinajstić information content (AvgIpc) is 3.21. The third-order valence-electron chi connectivity index (χ3n) is 5.84. The summed E-state index contributed by atoms with van der Waals surface area (Å²) in [6.07, 6.45) is -3.39. The molecule has 4 rings (SSSR count). The molecular formula is C27H25ClF3N2O3+. The Kier molecular flexibility index (Phi) is 6.77. The Labute approximate surface area is 211 Å². The largest absolute Gasteiger partial charge is 0.573 e. The first-order chi connectivity index (χ1) is 16.9. The van der Waals surface area contributed by atoms with Crippen molar-refractivity contribution in [2.24, 2.45) is 0 Å². The number of hydrogen-bond acceptors (Lipinski definition) is 3. The Balaban J connectivity index is 1.71. The van der Waals surface area contributed by atoms with E-state index < -0.39 is 12.1 Å². The molecule has 1 heterocycles. The highest BCUT2D eigenvalue weighted by Gasteiger charge is 2.31. The molecular weight excluding hydrogens is 493 g/mol. The molecule has 5 nitrogen and oxygen atoms in total. The molecule has 0 aliphatic carbocycles. The van der Waals surface area contributed by atoms with Crippen molar-refractivity contribution < 1.29 is 27.4 Å². The smallest absolute Gasteiger partial charge is 0.496 e. The van der Waals surface area contributed by atoms with E-state index in [2.05, 4.69) is 30.9 Å². The number of methoxy groups -OCH3 is 1.